The van der Waals surface area contributed by atoms with Gasteiger partial charge in [-0.05, 0) is 37.0 Å². The predicted molar refractivity (Wildman–Crippen MR) is 63.2 cm³/mol. The minimum absolute atomic E-state index is 0.265. The number of aromatic carboxylic acids is 1. The molecule has 0 aromatic heterocycles. The average molecular weight is 231 g/mol. The normalized spacial score (nSPS) is 17.1. The molecule has 0 radical (unpaired) electrons. The van der Waals surface area contributed by atoms with Gasteiger partial charge in [-0.15, -0.1) is 0 Å². The van der Waals surface area contributed by atoms with Crippen LogP contribution < -0.4 is 9.64 Å². The van der Waals surface area contributed by atoms with Gasteiger partial charge in [-0.1, -0.05) is 0 Å². The molecule has 0 amide bonds. The smallest absolute Gasteiger partial charge is 0.335 e. The Morgan fingerprint density at radius 1 is 1.41 bits per heavy atom. The van der Waals surface area contributed by atoms with Gasteiger partial charge in [-0.25, -0.2) is 4.79 Å². The molecule has 17 heavy (non-hydrogen) atoms. The molecule has 4 heteroatoms. The van der Waals surface area contributed by atoms with Crippen molar-refractivity contribution in [2.45, 2.75) is 12.8 Å². The highest BCUT2D eigenvalue weighted by Crippen LogP contribution is 2.36. The molecule has 1 aliphatic heterocycles. The van der Waals surface area contributed by atoms with E-state index in [1.807, 2.05) is 17.3 Å². The highest BCUT2D eigenvalue weighted by Gasteiger charge is 2.24. The van der Waals surface area contributed by atoms with Gasteiger partial charge in [0.2, 0.25) is 0 Å². The van der Waals surface area contributed by atoms with Crippen LogP contribution in [0.1, 0.15) is 23.2 Å². The number of rotatable bonds is 5. The maximum atomic E-state index is 10.9. The Bertz CT molecular complexity index is 485. The van der Waals surface area contributed by atoms with Crippen LogP contribution in [0.5, 0.6) is 5.75 Å². The minimum Gasteiger partial charge on any atom is -0.491 e. The molecule has 1 aromatic carbocycles. The molecule has 1 N–H and O–H groups in total. The molecule has 1 fully saturated rings. The molecule has 0 saturated heterocycles. The Morgan fingerprint density at radius 3 is 2.76 bits per heavy atom. The lowest BCUT2D eigenvalue weighted by molar-refractivity contribution is 0.0696. The van der Waals surface area contributed by atoms with Crippen molar-refractivity contribution in [3.63, 3.8) is 0 Å². The van der Waals surface area contributed by atoms with E-state index >= 15 is 0 Å². The first-order chi connectivity index (χ1) is 8.24. The monoisotopic (exact) mass is 231 g/mol. The van der Waals surface area contributed by atoms with Gasteiger partial charge in [0.25, 0.3) is 0 Å². The van der Waals surface area contributed by atoms with Gasteiger partial charge in [-0.2, -0.15) is 0 Å². The van der Waals surface area contributed by atoms with Crippen LogP contribution in [-0.2, 0) is 0 Å². The summed E-state index contributed by atoms with van der Waals surface area (Å²) in [5, 5.41) is 8.96. The van der Waals surface area contributed by atoms with Crippen molar-refractivity contribution >= 4 is 11.7 Å². The van der Waals surface area contributed by atoms with E-state index in [0.717, 1.165) is 5.69 Å². The van der Waals surface area contributed by atoms with E-state index in [0.29, 0.717) is 18.3 Å². The number of anilines is 1. The molecular weight excluding hydrogens is 218 g/mol. The molecule has 88 valence electrons. The molecule has 0 atom stereocenters. The first-order valence-electron chi connectivity index (χ1n) is 5.71. The van der Waals surface area contributed by atoms with Gasteiger partial charge in [0.1, 0.15) is 5.75 Å². The summed E-state index contributed by atoms with van der Waals surface area (Å²) in [4.78, 5) is 12.8. The van der Waals surface area contributed by atoms with Crippen molar-refractivity contribution in [3.8, 4) is 5.75 Å². The molecule has 0 bridgehead atoms. The molecule has 1 saturated carbocycles. The summed E-state index contributed by atoms with van der Waals surface area (Å²) in [6.45, 7) is 0.684. The van der Waals surface area contributed by atoms with E-state index in [-0.39, 0.29) is 5.56 Å². The van der Waals surface area contributed by atoms with Crippen LogP contribution in [-0.4, -0.2) is 17.7 Å². The van der Waals surface area contributed by atoms with Crippen LogP contribution in [0.15, 0.2) is 30.6 Å². The summed E-state index contributed by atoms with van der Waals surface area (Å²) in [5.41, 5.74) is 1.18. The van der Waals surface area contributed by atoms with Gasteiger partial charge in [0.15, 0.2) is 0 Å². The predicted octanol–water partition coefficient (Wildman–Crippen LogP) is 2.46. The molecule has 1 heterocycles. The average Bonchev–Trinajstić information content (AvgIpc) is 3.16. The summed E-state index contributed by atoms with van der Waals surface area (Å²) in [7, 11) is 0. The van der Waals surface area contributed by atoms with Crippen molar-refractivity contribution in [1.82, 2.24) is 0 Å². The fourth-order valence-electron chi connectivity index (χ4n) is 1.66. The molecule has 2 aliphatic rings. The molecule has 0 spiro atoms. The number of ether oxygens (including phenoxy) is 1. The van der Waals surface area contributed by atoms with Crippen LogP contribution in [0.25, 0.3) is 0 Å². The van der Waals surface area contributed by atoms with Gasteiger partial charge < -0.3 is 14.7 Å². The van der Waals surface area contributed by atoms with Gasteiger partial charge in [0.05, 0.1) is 17.9 Å². The van der Waals surface area contributed by atoms with Gasteiger partial charge >= 0.3 is 5.97 Å². The summed E-state index contributed by atoms with van der Waals surface area (Å²) in [6.07, 6.45) is 6.27. The van der Waals surface area contributed by atoms with E-state index in [9.17, 15) is 4.79 Å². The van der Waals surface area contributed by atoms with E-state index < -0.39 is 5.97 Å². The zero-order valence-corrected chi connectivity index (χ0v) is 9.30. The zero-order valence-electron chi connectivity index (χ0n) is 9.30. The fourth-order valence-corrected chi connectivity index (χ4v) is 1.66. The van der Waals surface area contributed by atoms with Crippen LogP contribution >= 0.6 is 0 Å². The standard InChI is InChI=1S/C13H13NO3/c15-13(16)10-3-4-11(14-5-6-14)12(7-10)17-8-9-1-2-9/h3-7,9H,1-2,8H2,(H,15,16). The van der Waals surface area contributed by atoms with Crippen LogP contribution in [0, 0.1) is 5.92 Å². The Balaban J connectivity index is 1.83. The quantitative estimate of drug-likeness (QED) is 0.845. The second-order valence-corrected chi connectivity index (χ2v) is 4.45. The van der Waals surface area contributed by atoms with E-state index in [1.54, 1.807) is 18.2 Å². The summed E-state index contributed by atoms with van der Waals surface area (Å²) in [5.74, 6) is 0.381. The van der Waals surface area contributed by atoms with Gasteiger partial charge in [-0.3, -0.25) is 0 Å². The second kappa shape index (κ2) is 3.80. The zero-order chi connectivity index (χ0) is 11.8. The summed E-state index contributed by atoms with van der Waals surface area (Å²) in [6, 6.07) is 4.98. The van der Waals surface area contributed by atoms with Crippen molar-refractivity contribution in [3.05, 3.63) is 36.2 Å². The van der Waals surface area contributed by atoms with E-state index in [4.69, 9.17) is 9.84 Å². The molecule has 1 aliphatic carbocycles. The second-order valence-electron chi connectivity index (χ2n) is 4.45. The Labute approximate surface area is 99.1 Å². The first kappa shape index (κ1) is 10.2. The summed E-state index contributed by atoms with van der Waals surface area (Å²) < 4.78 is 5.71. The number of hydrogen-bond acceptors (Lipinski definition) is 3. The lowest BCUT2D eigenvalue weighted by Crippen LogP contribution is -2.05. The number of carboxylic acids is 1. The van der Waals surface area contributed by atoms with Crippen LogP contribution in [0.3, 0.4) is 0 Å². The van der Waals surface area contributed by atoms with Gasteiger partial charge in [0, 0.05) is 12.4 Å². The fraction of sp³-hybridized carbons (Fsp3) is 0.308. The number of benzene rings is 1. The topological polar surface area (TPSA) is 49.5 Å². The Morgan fingerprint density at radius 2 is 2.18 bits per heavy atom. The minimum atomic E-state index is -0.924. The Hall–Kier alpha value is -1.97. The molecule has 3 rings (SSSR count). The lowest BCUT2D eigenvalue weighted by atomic mass is 10.2. The molecule has 4 nitrogen and oxygen atoms in total. The van der Waals surface area contributed by atoms with Crippen molar-refractivity contribution in [2.24, 2.45) is 5.92 Å². The highest BCUT2D eigenvalue weighted by atomic mass is 16.5. The van der Waals surface area contributed by atoms with Crippen LogP contribution in [0.4, 0.5) is 5.69 Å². The van der Waals surface area contributed by atoms with Crippen LogP contribution in [0.2, 0.25) is 0 Å². The van der Waals surface area contributed by atoms with Crippen molar-refractivity contribution in [2.75, 3.05) is 11.5 Å². The number of carbonyl (C=O) groups is 1. The Kier molecular flexibility index (Phi) is 2.28. The number of nitrogens with zero attached hydrogens (tertiary/aromatic N) is 1. The maximum absolute atomic E-state index is 10.9. The van der Waals surface area contributed by atoms with Crippen molar-refractivity contribution < 1.29 is 14.6 Å². The highest BCUT2D eigenvalue weighted by molar-refractivity contribution is 5.89. The third kappa shape index (κ3) is 2.25. The van der Waals surface area contributed by atoms with Crippen molar-refractivity contribution in [1.29, 1.82) is 0 Å². The SMILES string of the molecule is O=C(O)c1ccc(N2C=C2)c(OCC2CC2)c1. The number of hydrogen-bond donors (Lipinski definition) is 1. The maximum Gasteiger partial charge on any atom is 0.335 e. The lowest BCUT2D eigenvalue weighted by Gasteiger charge is -2.13. The molecule has 1 aromatic rings. The molecular formula is C13H13NO3. The molecule has 0 unspecified atom stereocenters. The van der Waals surface area contributed by atoms with E-state index in [1.165, 1.54) is 12.8 Å². The first-order valence-corrected chi connectivity index (χ1v) is 5.71. The van der Waals surface area contributed by atoms with E-state index in [2.05, 4.69) is 0 Å². The largest absolute Gasteiger partial charge is 0.491 e. The summed E-state index contributed by atoms with van der Waals surface area (Å²) >= 11 is 0. The third-order valence-electron chi connectivity index (χ3n) is 2.95. The third-order valence-corrected chi connectivity index (χ3v) is 2.95. The number of carboxylic acid groups (broad SMARTS) is 1.